The van der Waals surface area contributed by atoms with Gasteiger partial charge in [-0.3, -0.25) is 0 Å². The van der Waals surface area contributed by atoms with E-state index in [9.17, 15) is 5.26 Å². The van der Waals surface area contributed by atoms with Gasteiger partial charge in [-0.25, -0.2) is 0 Å². The highest BCUT2D eigenvalue weighted by Gasteiger charge is 2.29. The highest BCUT2D eigenvalue weighted by Crippen LogP contribution is 2.33. The molecule has 1 aromatic carbocycles. The molecule has 0 saturated carbocycles. The Morgan fingerprint density at radius 3 is 2.58 bits per heavy atom. The minimum absolute atomic E-state index is 0.514. The van der Waals surface area contributed by atoms with Crippen molar-refractivity contribution >= 4 is 0 Å². The standard InChI is InChI=1S/C17H16N2/c1-13-3-4-16(14(2)9-13)10-17(12-19)7-5-15(11-18)6-8-17/h3-7,9H,8,10H2,1-2H3. The van der Waals surface area contributed by atoms with Crippen LogP contribution in [-0.4, -0.2) is 0 Å². The molecule has 0 saturated heterocycles. The Balaban J connectivity index is 2.27. The molecule has 19 heavy (non-hydrogen) atoms. The summed E-state index contributed by atoms with van der Waals surface area (Å²) >= 11 is 0. The van der Waals surface area contributed by atoms with Gasteiger partial charge in [0.2, 0.25) is 0 Å². The molecular weight excluding hydrogens is 232 g/mol. The Bertz CT molecular complexity index is 638. The zero-order valence-corrected chi connectivity index (χ0v) is 11.3. The quantitative estimate of drug-likeness (QED) is 0.800. The van der Waals surface area contributed by atoms with Crippen LogP contribution in [0.25, 0.3) is 0 Å². The van der Waals surface area contributed by atoms with Crippen LogP contribution in [0.15, 0.2) is 42.0 Å². The van der Waals surface area contributed by atoms with Gasteiger partial charge in [-0.1, -0.05) is 35.9 Å². The van der Waals surface area contributed by atoms with E-state index in [1.807, 2.05) is 12.2 Å². The zero-order valence-electron chi connectivity index (χ0n) is 11.3. The Morgan fingerprint density at radius 1 is 1.26 bits per heavy atom. The number of rotatable bonds is 2. The highest BCUT2D eigenvalue weighted by molar-refractivity contribution is 5.41. The maximum absolute atomic E-state index is 9.49. The molecule has 0 bridgehead atoms. The molecule has 1 atom stereocenters. The predicted octanol–water partition coefficient (Wildman–Crippen LogP) is 3.77. The lowest BCUT2D eigenvalue weighted by molar-refractivity contribution is 0.504. The molecule has 0 radical (unpaired) electrons. The molecule has 2 nitrogen and oxygen atoms in total. The van der Waals surface area contributed by atoms with Gasteiger partial charge in [0, 0.05) is 5.57 Å². The third-order valence-electron chi connectivity index (χ3n) is 3.62. The number of hydrogen-bond acceptors (Lipinski definition) is 2. The van der Waals surface area contributed by atoms with Crippen molar-refractivity contribution < 1.29 is 0 Å². The first kappa shape index (κ1) is 13.1. The Kier molecular flexibility index (Phi) is 3.54. The van der Waals surface area contributed by atoms with Crippen molar-refractivity contribution in [2.24, 2.45) is 5.41 Å². The van der Waals surface area contributed by atoms with Crippen LogP contribution in [-0.2, 0) is 6.42 Å². The van der Waals surface area contributed by atoms with E-state index in [1.54, 1.807) is 6.08 Å². The van der Waals surface area contributed by atoms with Crippen molar-refractivity contribution in [3.63, 3.8) is 0 Å². The second-order valence-electron chi connectivity index (χ2n) is 5.18. The molecule has 1 aliphatic rings. The molecule has 0 N–H and O–H groups in total. The monoisotopic (exact) mass is 248 g/mol. The van der Waals surface area contributed by atoms with E-state index in [4.69, 9.17) is 5.26 Å². The van der Waals surface area contributed by atoms with Crippen LogP contribution in [0.1, 0.15) is 23.1 Å². The fourth-order valence-corrected chi connectivity index (χ4v) is 2.40. The van der Waals surface area contributed by atoms with E-state index in [0.717, 1.165) is 0 Å². The summed E-state index contributed by atoms with van der Waals surface area (Å²) in [6.45, 7) is 4.15. The van der Waals surface area contributed by atoms with Crippen molar-refractivity contribution in [1.29, 1.82) is 10.5 Å². The predicted molar refractivity (Wildman–Crippen MR) is 75.1 cm³/mol. The number of nitriles is 2. The van der Waals surface area contributed by atoms with E-state index in [1.165, 1.54) is 16.7 Å². The van der Waals surface area contributed by atoms with Gasteiger partial charge >= 0.3 is 0 Å². The molecule has 1 unspecified atom stereocenters. The fourth-order valence-electron chi connectivity index (χ4n) is 2.40. The molecule has 94 valence electrons. The lowest BCUT2D eigenvalue weighted by Crippen LogP contribution is -2.20. The summed E-state index contributed by atoms with van der Waals surface area (Å²) in [7, 11) is 0. The van der Waals surface area contributed by atoms with Gasteiger partial charge in [-0.2, -0.15) is 10.5 Å². The second-order valence-corrected chi connectivity index (χ2v) is 5.18. The van der Waals surface area contributed by atoms with Crippen molar-refractivity contribution in [1.82, 2.24) is 0 Å². The number of hydrogen-bond donors (Lipinski definition) is 0. The van der Waals surface area contributed by atoms with Gasteiger partial charge in [0.25, 0.3) is 0 Å². The average Bonchev–Trinajstić information content (AvgIpc) is 2.43. The number of nitrogens with zero attached hydrogens (tertiary/aromatic N) is 2. The maximum Gasteiger partial charge on any atom is 0.0988 e. The van der Waals surface area contributed by atoms with Crippen LogP contribution in [0.5, 0.6) is 0 Å². The fraction of sp³-hybridized carbons (Fsp3) is 0.294. The number of benzene rings is 1. The van der Waals surface area contributed by atoms with Crippen LogP contribution in [0, 0.1) is 41.9 Å². The zero-order chi connectivity index (χ0) is 13.9. The molecule has 2 rings (SSSR count). The Labute approximate surface area is 114 Å². The third-order valence-corrected chi connectivity index (χ3v) is 3.62. The van der Waals surface area contributed by atoms with Crippen LogP contribution < -0.4 is 0 Å². The third kappa shape index (κ3) is 2.75. The van der Waals surface area contributed by atoms with Crippen molar-refractivity contribution in [2.45, 2.75) is 26.7 Å². The highest BCUT2D eigenvalue weighted by atomic mass is 14.4. The number of allylic oxidation sites excluding steroid dienone is 4. The minimum Gasteiger partial charge on any atom is -0.197 e. The lowest BCUT2D eigenvalue weighted by Gasteiger charge is -2.25. The normalized spacial score (nSPS) is 21.4. The van der Waals surface area contributed by atoms with Crippen molar-refractivity contribution in [2.75, 3.05) is 0 Å². The molecule has 0 spiro atoms. The molecule has 0 amide bonds. The molecule has 0 aliphatic heterocycles. The first-order valence-electron chi connectivity index (χ1n) is 6.35. The molecule has 0 fully saturated rings. The van der Waals surface area contributed by atoms with E-state index in [2.05, 4.69) is 44.2 Å². The molecule has 1 aromatic rings. The summed E-state index contributed by atoms with van der Waals surface area (Å²) in [5.41, 5.74) is 3.79. The van der Waals surface area contributed by atoms with Crippen LogP contribution in [0.3, 0.4) is 0 Å². The smallest absolute Gasteiger partial charge is 0.0988 e. The van der Waals surface area contributed by atoms with Gasteiger partial charge < -0.3 is 0 Å². The second kappa shape index (κ2) is 5.12. The first-order chi connectivity index (χ1) is 9.08. The average molecular weight is 248 g/mol. The van der Waals surface area contributed by atoms with Gasteiger partial charge in [0.1, 0.15) is 0 Å². The molecule has 2 heteroatoms. The molecule has 1 aliphatic carbocycles. The Morgan fingerprint density at radius 2 is 2.05 bits per heavy atom. The van der Waals surface area contributed by atoms with Crippen LogP contribution in [0.4, 0.5) is 0 Å². The molecule has 0 heterocycles. The van der Waals surface area contributed by atoms with Crippen molar-refractivity contribution in [3.05, 3.63) is 58.7 Å². The van der Waals surface area contributed by atoms with Gasteiger partial charge in [0.15, 0.2) is 0 Å². The summed E-state index contributed by atoms with van der Waals surface area (Å²) in [4.78, 5) is 0. The van der Waals surface area contributed by atoms with Crippen molar-refractivity contribution in [3.8, 4) is 12.1 Å². The summed E-state index contributed by atoms with van der Waals surface area (Å²) in [5.74, 6) is 0. The summed E-state index contributed by atoms with van der Waals surface area (Å²) in [6, 6.07) is 10.8. The van der Waals surface area contributed by atoms with Gasteiger partial charge in [0.05, 0.1) is 17.6 Å². The lowest BCUT2D eigenvalue weighted by atomic mass is 9.76. The summed E-state index contributed by atoms with van der Waals surface area (Å²) in [5, 5.41) is 18.3. The van der Waals surface area contributed by atoms with E-state index < -0.39 is 5.41 Å². The molecular formula is C17H16N2. The van der Waals surface area contributed by atoms with Crippen LogP contribution >= 0.6 is 0 Å². The largest absolute Gasteiger partial charge is 0.197 e. The summed E-state index contributed by atoms with van der Waals surface area (Å²) < 4.78 is 0. The Hall–Kier alpha value is -2.32. The summed E-state index contributed by atoms with van der Waals surface area (Å²) in [6.07, 6.45) is 6.80. The van der Waals surface area contributed by atoms with E-state index >= 15 is 0 Å². The maximum atomic E-state index is 9.49. The van der Waals surface area contributed by atoms with E-state index in [0.29, 0.717) is 18.4 Å². The van der Waals surface area contributed by atoms with Gasteiger partial charge in [-0.15, -0.1) is 0 Å². The molecule has 0 aromatic heterocycles. The minimum atomic E-state index is -0.514. The SMILES string of the molecule is Cc1ccc(CC2(C#N)C=CC(C#N)=CC2)c(C)c1. The van der Waals surface area contributed by atoms with E-state index in [-0.39, 0.29) is 0 Å². The van der Waals surface area contributed by atoms with Crippen LogP contribution in [0.2, 0.25) is 0 Å². The first-order valence-corrected chi connectivity index (χ1v) is 6.35. The van der Waals surface area contributed by atoms with Gasteiger partial charge in [-0.05, 0) is 43.9 Å². The number of aryl methyl sites for hydroxylation is 2. The topological polar surface area (TPSA) is 47.6 Å².